The quantitative estimate of drug-likeness (QED) is 0.812. The van der Waals surface area contributed by atoms with Crippen molar-refractivity contribution in [2.45, 2.75) is 39.2 Å². The highest BCUT2D eigenvalue weighted by Crippen LogP contribution is 2.20. The van der Waals surface area contributed by atoms with Crippen LogP contribution in [-0.4, -0.2) is 20.1 Å². The molecule has 0 heterocycles. The van der Waals surface area contributed by atoms with E-state index in [1.54, 1.807) is 12.1 Å². The highest BCUT2D eigenvalue weighted by atomic mass is 32.2. The summed E-state index contributed by atoms with van der Waals surface area (Å²) in [4.78, 5) is 0.237. The van der Waals surface area contributed by atoms with Gasteiger partial charge in [0.05, 0.1) is 11.5 Å². The fourth-order valence-electron chi connectivity index (χ4n) is 2.30. The van der Waals surface area contributed by atoms with Gasteiger partial charge in [-0.25, -0.2) is 13.1 Å². The molecule has 20 heavy (non-hydrogen) atoms. The minimum Gasteiger partial charge on any atom is -0.392 e. The fourth-order valence-corrected chi connectivity index (χ4v) is 3.38. The van der Waals surface area contributed by atoms with Gasteiger partial charge in [-0.1, -0.05) is 39.8 Å². The maximum absolute atomic E-state index is 12.2. The van der Waals surface area contributed by atoms with Crippen molar-refractivity contribution in [1.29, 1.82) is 0 Å². The molecule has 1 aromatic rings. The molecule has 4 nitrogen and oxygen atoms in total. The van der Waals surface area contributed by atoms with Gasteiger partial charge in [-0.3, -0.25) is 0 Å². The van der Waals surface area contributed by atoms with E-state index in [0.29, 0.717) is 29.9 Å². The molecule has 0 atom stereocenters. The van der Waals surface area contributed by atoms with Crippen molar-refractivity contribution in [2.75, 3.05) is 6.54 Å². The zero-order valence-electron chi connectivity index (χ0n) is 12.6. The molecule has 0 amide bonds. The predicted molar refractivity (Wildman–Crippen MR) is 80.7 cm³/mol. The summed E-state index contributed by atoms with van der Waals surface area (Å²) in [6, 6.07) is 6.29. The largest absolute Gasteiger partial charge is 0.392 e. The van der Waals surface area contributed by atoms with Crippen LogP contribution >= 0.6 is 0 Å². The maximum atomic E-state index is 12.2. The van der Waals surface area contributed by atoms with E-state index in [-0.39, 0.29) is 11.5 Å². The summed E-state index contributed by atoms with van der Waals surface area (Å²) in [5.41, 5.74) is 0.700. The third kappa shape index (κ3) is 4.58. The predicted octanol–water partition coefficient (Wildman–Crippen LogP) is 2.39. The SMILES string of the molecule is CC(C)C(CNS(=O)(=O)c1ccc(CO)cc1)C(C)C. The monoisotopic (exact) mass is 299 g/mol. The summed E-state index contributed by atoms with van der Waals surface area (Å²) in [6.07, 6.45) is 0. The van der Waals surface area contributed by atoms with Gasteiger partial charge in [0.25, 0.3) is 0 Å². The molecule has 0 spiro atoms. The van der Waals surface area contributed by atoms with Gasteiger partial charge in [0.2, 0.25) is 10.0 Å². The van der Waals surface area contributed by atoms with Gasteiger partial charge in [0, 0.05) is 6.54 Å². The molecule has 1 rings (SSSR count). The van der Waals surface area contributed by atoms with Gasteiger partial charge in [0.15, 0.2) is 0 Å². The van der Waals surface area contributed by atoms with Gasteiger partial charge in [-0.15, -0.1) is 0 Å². The molecule has 0 saturated heterocycles. The molecule has 0 aliphatic carbocycles. The summed E-state index contributed by atoms with van der Waals surface area (Å²) in [5, 5.41) is 8.96. The van der Waals surface area contributed by atoms with E-state index in [9.17, 15) is 8.42 Å². The first-order valence-electron chi connectivity index (χ1n) is 6.97. The lowest BCUT2D eigenvalue weighted by Crippen LogP contribution is -2.33. The molecule has 5 heteroatoms. The van der Waals surface area contributed by atoms with E-state index in [2.05, 4.69) is 32.4 Å². The van der Waals surface area contributed by atoms with Crippen LogP contribution < -0.4 is 4.72 Å². The molecule has 0 aliphatic rings. The number of benzene rings is 1. The van der Waals surface area contributed by atoms with E-state index in [1.165, 1.54) is 12.1 Å². The Morgan fingerprint density at radius 1 is 1.05 bits per heavy atom. The Hall–Kier alpha value is -0.910. The number of nitrogens with one attached hydrogen (secondary N) is 1. The van der Waals surface area contributed by atoms with E-state index in [1.807, 2.05) is 0 Å². The van der Waals surface area contributed by atoms with Crippen LogP contribution in [0.15, 0.2) is 29.2 Å². The summed E-state index contributed by atoms with van der Waals surface area (Å²) in [7, 11) is -3.48. The topological polar surface area (TPSA) is 66.4 Å². The molecule has 1 aromatic carbocycles. The van der Waals surface area contributed by atoms with Crippen LogP contribution in [0.4, 0.5) is 0 Å². The van der Waals surface area contributed by atoms with Crippen molar-refractivity contribution in [1.82, 2.24) is 4.72 Å². The van der Waals surface area contributed by atoms with Crippen molar-refractivity contribution >= 4 is 10.0 Å². The minimum absolute atomic E-state index is 0.0868. The van der Waals surface area contributed by atoms with Crippen LogP contribution in [0.2, 0.25) is 0 Å². The van der Waals surface area contributed by atoms with E-state index in [0.717, 1.165) is 0 Å². The lowest BCUT2D eigenvalue weighted by atomic mass is 9.86. The van der Waals surface area contributed by atoms with Crippen molar-refractivity contribution in [3.63, 3.8) is 0 Å². The van der Waals surface area contributed by atoms with Gasteiger partial charge >= 0.3 is 0 Å². The molecular formula is C15H25NO3S. The molecule has 2 N–H and O–H groups in total. The minimum atomic E-state index is -3.48. The van der Waals surface area contributed by atoms with E-state index >= 15 is 0 Å². The van der Waals surface area contributed by atoms with Crippen LogP contribution in [0.3, 0.4) is 0 Å². The highest BCUT2D eigenvalue weighted by molar-refractivity contribution is 7.89. The van der Waals surface area contributed by atoms with Gasteiger partial charge in [-0.05, 0) is 35.4 Å². The third-order valence-electron chi connectivity index (χ3n) is 3.64. The van der Waals surface area contributed by atoms with E-state index < -0.39 is 10.0 Å². The Bertz CT molecular complexity index is 498. The Labute approximate surface area is 122 Å². The van der Waals surface area contributed by atoms with Crippen molar-refractivity contribution in [3.8, 4) is 0 Å². The van der Waals surface area contributed by atoms with Crippen LogP contribution in [0.1, 0.15) is 33.3 Å². The molecular weight excluding hydrogens is 274 g/mol. The summed E-state index contributed by atoms with van der Waals surface area (Å²) in [5.74, 6) is 1.16. The van der Waals surface area contributed by atoms with Gasteiger partial charge in [-0.2, -0.15) is 0 Å². The first-order valence-corrected chi connectivity index (χ1v) is 8.45. The summed E-state index contributed by atoms with van der Waals surface area (Å²) < 4.78 is 27.1. The van der Waals surface area contributed by atoms with Gasteiger partial charge in [0.1, 0.15) is 0 Å². The molecule has 0 saturated carbocycles. The first kappa shape index (κ1) is 17.1. The standard InChI is InChI=1S/C15H25NO3S/c1-11(2)15(12(3)4)9-16-20(18,19)14-7-5-13(10-17)6-8-14/h5-8,11-12,15-17H,9-10H2,1-4H3. The van der Waals surface area contributed by atoms with Crippen molar-refractivity contribution < 1.29 is 13.5 Å². The fraction of sp³-hybridized carbons (Fsp3) is 0.600. The zero-order valence-corrected chi connectivity index (χ0v) is 13.4. The second-order valence-corrected chi connectivity index (χ2v) is 7.57. The van der Waals surface area contributed by atoms with Crippen molar-refractivity contribution in [3.05, 3.63) is 29.8 Å². The van der Waals surface area contributed by atoms with Crippen LogP contribution in [-0.2, 0) is 16.6 Å². The Balaban J connectivity index is 2.78. The van der Waals surface area contributed by atoms with Crippen LogP contribution in [0.5, 0.6) is 0 Å². The molecule has 0 aliphatic heterocycles. The molecule has 0 radical (unpaired) electrons. The molecule has 0 fully saturated rings. The zero-order chi connectivity index (χ0) is 15.3. The number of hydrogen-bond acceptors (Lipinski definition) is 3. The van der Waals surface area contributed by atoms with Crippen LogP contribution in [0.25, 0.3) is 0 Å². The molecule has 0 unspecified atom stereocenters. The summed E-state index contributed by atoms with van der Waals surface area (Å²) >= 11 is 0. The number of rotatable bonds is 7. The molecule has 114 valence electrons. The van der Waals surface area contributed by atoms with Gasteiger partial charge < -0.3 is 5.11 Å². The van der Waals surface area contributed by atoms with E-state index in [4.69, 9.17) is 5.11 Å². The average Bonchev–Trinajstić information content (AvgIpc) is 2.38. The Morgan fingerprint density at radius 2 is 1.55 bits per heavy atom. The average molecular weight is 299 g/mol. The first-order chi connectivity index (χ1) is 9.27. The normalized spacial score (nSPS) is 12.6. The Morgan fingerprint density at radius 3 is 1.95 bits per heavy atom. The maximum Gasteiger partial charge on any atom is 0.240 e. The molecule has 0 bridgehead atoms. The Kier molecular flexibility index (Phi) is 6.17. The number of hydrogen-bond donors (Lipinski definition) is 2. The highest BCUT2D eigenvalue weighted by Gasteiger charge is 2.21. The number of sulfonamides is 1. The number of aliphatic hydroxyl groups excluding tert-OH is 1. The third-order valence-corrected chi connectivity index (χ3v) is 5.08. The molecule has 0 aromatic heterocycles. The lowest BCUT2D eigenvalue weighted by molar-refractivity contribution is 0.281. The number of aliphatic hydroxyl groups is 1. The lowest BCUT2D eigenvalue weighted by Gasteiger charge is -2.25. The van der Waals surface area contributed by atoms with Crippen molar-refractivity contribution in [2.24, 2.45) is 17.8 Å². The second-order valence-electron chi connectivity index (χ2n) is 5.81. The van der Waals surface area contributed by atoms with Crippen LogP contribution in [0, 0.1) is 17.8 Å². The summed E-state index contributed by atoms with van der Waals surface area (Å²) in [6.45, 7) is 8.78. The smallest absolute Gasteiger partial charge is 0.240 e. The second kappa shape index (κ2) is 7.20.